The van der Waals surface area contributed by atoms with Crippen LogP contribution in [-0.4, -0.2) is 40.1 Å². The van der Waals surface area contributed by atoms with Gasteiger partial charge in [0.15, 0.2) is 0 Å². The normalized spacial score (nSPS) is 12.8. The smallest absolute Gasteiger partial charge is 0.401 e. The van der Waals surface area contributed by atoms with E-state index >= 15 is 0 Å². The van der Waals surface area contributed by atoms with Crippen molar-refractivity contribution in [1.82, 2.24) is 20.1 Å². The van der Waals surface area contributed by atoms with Gasteiger partial charge in [-0.2, -0.15) is 18.3 Å². The van der Waals surface area contributed by atoms with Crippen molar-refractivity contribution in [2.24, 2.45) is 0 Å². The second-order valence-electron chi connectivity index (χ2n) is 4.96. The zero-order valence-electron chi connectivity index (χ0n) is 12.6. The van der Waals surface area contributed by atoms with Crippen molar-refractivity contribution >= 4 is 29.2 Å². The summed E-state index contributed by atoms with van der Waals surface area (Å²) in [5.41, 5.74) is 0.174. The topological polar surface area (TPSA) is 69.0 Å². The molecular weight excluding hydrogens is 384 g/mol. The second kappa shape index (κ2) is 8.50. The molecule has 0 bridgehead atoms. The molecule has 0 fully saturated rings. The zero-order valence-corrected chi connectivity index (χ0v) is 14.1. The Kier molecular flexibility index (Phi) is 6.63. The van der Waals surface area contributed by atoms with Crippen LogP contribution in [0.25, 0.3) is 0 Å². The molecule has 0 aliphatic heterocycles. The van der Waals surface area contributed by atoms with E-state index in [2.05, 4.69) is 15.4 Å². The lowest BCUT2D eigenvalue weighted by atomic mass is 10.1. The van der Waals surface area contributed by atoms with Crippen LogP contribution in [-0.2, 0) is 16.1 Å². The summed E-state index contributed by atoms with van der Waals surface area (Å²) in [5, 5.41) is 6.33. The molecule has 1 aromatic heterocycles. The number of benzene rings is 1. The maximum absolute atomic E-state index is 12.5. The Balaban J connectivity index is 2.07. The first-order valence-corrected chi connectivity index (χ1v) is 7.75. The Morgan fingerprint density at radius 1 is 1.28 bits per heavy atom. The van der Waals surface area contributed by atoms with Crippen molar-refractivity contribution in [3.8, 4) is 0 Å². The Morgan fingerprint density at radius 2 is 1.96 bits per heavy atom. The van der Waals surface area contributed by atoms with E-state index in [1.165, 1.54) is 35.5 Å². The predicted octanol–water partition coefficient (Wildman–Crippen LogP) is 3.02. The molecule has 6 nitrogen and oxygen atoms in total. The molecule has 1 heterocycles. The minimum Gasteiger partial charge on any atom is -0.462 e. The number of carbonyl (C=O) groups is 1. The molecule has 0 saturated carbocycles. The van der Waals surface area contributed by atoms with E-state index in [1.807, 2.05) is 0 Å². The number of hydrogen-bond acceptors (Lipinski definition) is 5. The number of nitrogens with zero attached hydrogens (tertiary/aromatic N) is 3. The summed E-state index contributed by atoms with van der Waals surface area (Å²) in [7, 11) is 0. The molecule has 0 spiro atoms. The van der Waals surface area contributed by atoms with Crippen molar-refractivity contribution in [2.45, 2.75) is 18.8 Å². The van der Waals surface area contributed by atoms with Crippen LogP contribution in [0.2, 0.25) is 10.0 Å². The van der Waals surface area contributed by atoms with Crippen LogP contribution >= 0.6 is 23.2 Å². The Bertz CT molecular complexity index is 690. The predicted molar refractivity (Wildman–Crippen MR) is 84.2 cm³/mol. The lowest BCUT2D eigenvalue weighted by molar-refractivity contribution is -0.149. The molecule has 136 valence electrons. The van der Waals surface area contributed by atoms with Crippen molar-refractivity contribution in [1.29, 1.82) is 0 Å². The largest absolute Gasteiger partial charge is 0.462 e. The second-order valence-corrected chi connectivity index (χ2v) is 5.83. The highest BCUT2D eigenvalue weighted by Crippen LogP contribution is 2.25. The van der Waals surface area contributed by atoms with Crippen LogP contribution in [0.15, 0.2) is 30.9 Å². The van der Waals surface area contributed by atoms with Gasteiger partial charge in [0.25, 0.3) is 0 Å². The summed E-state index contributed by atoms with van der Waals surface area (Å²) in [6, 6.07) is 2.73. The van der Waals surface area contributed by atoms with E-state index in [0.717, 1.165) is 0 Å². The number of halogens is 5. The van der Waals surface area contributed by atoms with Crippen molar-refractivity contribution in [3.63, 3.8) is 0 Å². The minimum atomic E-state index is -4.50. The number of carbonyl (C=O) groups excluding carboxylic acids is 1. The number of nitrogens with one attached hydrogen (secondary N) is 1. The molecule has 2 aromatic rings. The fourth-order valence-corrected chi connectivity index (χ4v) is 2.51. The number of esters is 1. The van der Waals surface area contributed by atoms with Gasteiger partial charge in [-0.05, 0) is 23.8 Å². The monoisotopic (exact) mass is 396 g/mol. The Hall–Kier alpha value is -1.84. The number of ether oxygens (including phenoxy) is 1. The van der Waals surface area contributed by atoms with E-state index in [4.69, 9.17) is 27.9 Å². The van der Waals surface area contributed by atoms with Crippen LogP contribution in [0.3, 0.4) is 0 Å². The Labute approximate surface area is 150 Å². The molecule has 1 aromatic carbocycles. The van der Waals surface area contributed by atoms with Gasteiger partial charge in [0.2, 0.25) is 0 Å². The summed E-state index contributed by atoms with van der Waals surface area (Å²) >= 11 is 11.7. The average Bonchev–Trinajstić information content (AvgIpc) is 2.98. The van der Waals surface area contributed by atoms with Gasteiger partial charge in [-0.25, -0.2) is 14.5 Å². The molecule has 11 heteroatoms. The maximum Gasteiger partial charge on any atom is 0.401 e. The average molecular weight is 397 g/mol. The highest BCUT2D eigenvalue weighted by atomic mass is 35.5. The molecule has 1 unspecified atom stereocenters. The van der Waals surface area contributed by atoms with Gasteiger partial charge < -0.3 is 4.74 Å². The molecule has 1 N–H and O–H groups in total. The third-order valence-corrected chi connectivity index (χ3v) is 3.43. The third-order valence-electron chi connectivity index (χ3n) is 2.99. The van der Waals surface area contributed by atoms with Crippen LogP contribution in [0, 0.1) is 0 Å². The van der Waals surface area contributed by atoms with Gasteiger partial charge in [-0.15, -0.1) is 0 Å². The molecule has 25 heavy (non-hydrogen) atoms. The summed E-state index contributed by atoms with van der Waals surface area (Å²) in [6.45, 7) is -1.24. The van der Waals surface area contributed by atoms with E-state index in [1.54, 1.807) is 0 Å². The lowest BCUT2D eigenvalue weighted by Crippen LogP contribution is -2.37. The maximum atomic E-state index is 12.5. The lowest BCUT2D eigenvalue weighted by Gasteiger charge is -2.19. The minimum absolute atomic E-state index is 0.0826. The molecule has 0 aliphatic rings. The molecule has 0 saturated heterocycles. The summed E-state index contributed by atoms with van der Waals surface area (Å²) in [5.74, 6) is -0.886. The van der Waals surface area contributed by atoms with Gasteiger partial charge in [0.05, 0.1) is 13.1 Å². The Morgan fingerprint density at radius 3 is 2.52 bits per heavy atom. The summed E-state index contributed by atoms with van der Waals surface area (Å²) in [6.07, 6.45) is -1.77. The number of rotatable bonds is 7. The zero-order chi connectivity index (χ0) is 18.4. The number of hydrogen-bond donors (Lipinski definition) is 1. The van der Waals surface area contributed by atoms with E-state index in [-0.39, 0.29) is 28.8 Å². The molecule has 0 aliphatic carbocycles. The third kappa shape index (κ3) is 6.52. The molecule has 0 amide bonds. The molecule has 0 radical (unpaired) electrons. The quantitative estimate of drug-likeness (QED) is 0.728. The van der Waals surface area contributed by atoms with Crippen LogP contribution < -0.4 is 5.32 Å². The van der Waals surface area contributed by atoms with Crippen LogP contribution in [0.5, 0.6) is 0 Å². The summed E-state index contributed by atoms with van der Waals surface area (Å²) in [4.78, 5) is 16.0. The molecular formula is C14H13Cl2F3N4O2. The summed E-state index contributed by atoms with van der Waals surface area (Å²) < 4.78 is 44.0. The first-order chi connectivity index (χ1) is 11.7. The fraction of sp³-hybridized carbons (Fsp3) is 0.357. The van der Waals surface area contributed by atoms with Gasteiger partial charge >= 0.3 is 12.1 Å². The highest BCUT2D eigenvalue weighted by Gasteiger charge is 2.31. The first kappa shape index (κ1) is 19.5. The van der Waals surface area contributed by atoms with Crippen molar-refractivity contribution < 1.29 is 22.7 Å². The standard InChI is InChI=1S/C14H13Cl2F3N4O2/c15-10-3-9(4-11(16)5-10)12(21-6-14(17,18)19)13(24)25-2-1-23-8-20-7-22-23/h3-5,7-8,12,21H,1-2,6H2. The highest BCUT2D eigenvalue weighted by molar-refractivity contribution is 6.34. The van der Waals surface area contributed by atoms with Gasteiger partial charge in [-0.3, -0.25) is 5.32 Å². The van der Waals surface area contributed by atoms with E-state index in [9.17, 15) is 18.0 Å². The van der Waals surface area contributed by atoms with Gasteiger partial charge in [0, 0.05) is 10.0 Å². The van der Waals surface area contributed by atoms with E-state index < -0.39 is 24.7 Å². The SMILES string of the molecule is O=C(OCCn1cncn1)C(NCC(F)(F)F)c1cc(Cl)cc(Cl)c1. The number of alkyl halides is 3. The van der Waals surface area contributed by atoms with Crippen LogP contribution in [0.4, 0.5) is 13.2 Å². The van der Waals surface area contributed by atoms with Gasteiger partial charge in [0.1, 0.15) is 25.3 Å². The van der Waals surface area contributed by atoms with Crippen molar-refractivity contribution in [3.05, 3.63) is 46.5 Å². The fourth-order valence-electron chi connectivity index (χ4n) is 1.97. The van der Waals surface area contributed by atoms with E-state index in [0.29, 0.717) is 0 Å². The molecule has 2 rings (SSSR count). The van der Waals surface area contributed by atoms with Crippen molar-refractivity contribution in [2.75, 3.05) is 13.2 Å². The van der Waals surface area contributed by atoms with Crippen LogP contribution in [0.1, 0.15) is 11.6 Å². The van der Waals surface area contributed by atoms with Gasteiger partial charge in [-0.1, -0.05) is 23.2 Å². The number of aromatic nitrogens is 3. The molecule has 1 atom stereocenters. The first-order valence-electron chi connectivity index (χ1n) is 7.00.